The molecule has 0 unspecified atom stereocenters. The predicted octanol–water partition coefficient (Wildman–Crippen LogP) is 4.45. The molecule has 0 aromatic heterocycles. The van der Waals surface area contributed by atoms with Crippen molar-refractivity contribution in [2.75, 3.05) is 12.4 Å². The predicted molar refractivity (Wildman–Crippen MR) is 102 cm³/mol. The first-order valence-corrected chi connectivity index (χ1v) is 8.69. The van der Waals surface area contributed by atoms with Crippen molar-refractivity contribution in [2.24, 2.45) is 0 Å². The normalized spacial score (nSPS) is 11.8. The summed E-state index contributed by atoms with van der Waals surface area (Å²) in [4.78, 5) is 24.7. The standard InChI is InChI=1S/C21H24FNO4/c1-12(2)16-8-6-7-13(3)19(16)23-20(24)14(4)27-21(25)15-9-10-18(26-5)17(22)11-15/h6-12,14H,1-5H3,(H,23,24)/t14-/m0/s1. The van der Waals surface area contributed by atoms with E-state index in [4.69, 9.17) is 9.47 Å². The third-order valence-corrected chi connectivity index (χ3v) is 4.22. The van der Waals surface area contributed by atoms with Crippen molar-refractivity contribution in [1.29, 1.82) is 0 Å². The lowest BCUT2D eigenvalue weighted by Crippen LogP contribution is -2.30. The lowest BCUT2D eigenvalue weighted by Gasteiger charge is -2.19. The number of halogens is 1. The Balaban J connectivity index is 2.10. The highest BCUT2D eigenvalue weighted by atomic mass is 19.1. The van der Waals surface area contributed by atoms with Crippen LogP contribution in [0.4, 0.5) is 10.1 Å². The first kappa shape index (κ1) is 20.4. The molecule has 0 saturated carbocycles. The molecule has 144 valence electrons. The molecule has 0 saturated heterocycles. The second kappa shape index (κ2) is 8.66. The van der Waals surface area contributed by atoms with E-state index in [0.29, 0.717) is 0 Å². The number of carbonyl (C=O) groups is 2. The van der Waals surface area contributed by atoms with Gasteiger partial charge in [0.25, 0.3) is 5.91 Å². The Morgan fingerprint density at radius 3 is 2.41 bits per heavy atom. The lowest BCUT2D eigenvalue weighted by molar-refractivity contribution is -0.123. The first-order valence-electron chi connectivity index (χ1n) is 8.69. The van der Waals surface area contributed by atoms with E-state index < -0.39 is 23.8 Å². The minimum absolute atomic E-state index is 0.00621. The fourth-order valence-electron chi connectivity index (χ4n) is 2.64. The Kier molecular flexibility index (Phi) is 6.55. The zero-order chi connectivity index (χ0) is 20.1. The summed E-state index contributed by atoms with van der Waals surface area (Å²) in [5.74, 6) is -1.66. The van der Waals surface area contributed by atoms with Crippen LogP contribution < -0.4 is 10.1 Å². The third kappa shape index (κ3) is 4.84. The number of esters is 1. The van der Waals surface area contributed by atoms with Gasteiger partial charge in [-0.25, -0.2) is 9.18 Å². The summed E-state index contributed by atoms with van der Waals surface area (Å²) in [6, 6.07) is 9.51. The van der Waals surface area contributed by atoms with E-state index in [9.17, 15) is 14.0 Å². The van der Waals surface area contributed by atoms with Crippen LogP contribution in [-0.4, -0.2) is 25.1 Å². The molecule has 6 heteroatoms. The molecule has 0 aliphatic carbocycles. The van der Waals surface area contributed by atoms with Gasteiger partial charge in [0, 0.05) is 5.69 Å². The van der Waals surface area contributed by atoms with Crippen LogP contribution in [0.2, 0.25) is 0 Å². The molecule has 1 amide bonds. The zero-order valence-electron chi connectivity index (χ0n) is 16.1. The number of anilines is 1. The van der Waals surface area contributed by atoms with Crippen molar-refractivity contribution in [3.63, 3.8) is 0 Å². The Hall–Kier alpha value is -2.89. The van der Waals surface area contributed by atoms with Crippen LogP contribution in [0.25, 0.3) is 0 Å². The van der Waals surface area contributed by atoms with Crippen LogP contribution in [0.3, 0.4) is 0 Å². The molecule has 1 atom stereocenters. The molecule has 5 nitrogen and oxygen atoms in total. The van der Waals surface area contributed by atoms with E-state index in [2.05, 4.69) is 5.32 Å². The van der Waals surface area contributed by atoms with Gasteiger partial charge in [0.2, 0.25) is 0 Å². The van der Waals surface area contributed by atoms with Gasteiger partial charge >= 0.3 is 5.97 Å². The highest BCUT2D eigenvalue weighted by Crippen LogP contribution is 2.27. The smallest absolute Gasteiger partial charge is 0.339 e. The molecule has 27 heavy (non-hydrogen) atoms. The summed E-state index contributed by atoms with van der Waals surface area (Å²) in [6.07, 6.45) is -1.04. The van der Waals surface area contributed by atoms with Crippen molar-refractivity contribution >= 4 is 17.6 Å². The van der Waals surface area contributed by atoms with Gasteiger partial charge < -0.3 is 14.8 Å². The summed E-state index contributed by atoms with van der Waals surface area (Å²) in [7, 11) is 1.33. The zero-order valence-corrected chi connectivity index (χ0v) is 16.1. The molecule has 0 spiro atoms. The summed E-state index contributed by atoms with van der Waals surface area (Å²) in [5, 5.41) is 2.84. The maximum Gasteiger partial charge on any atom is 0.339 e. The molecule has 2 aromatic rings. The van der Waals surface area contributed by atoms with E-state index in [1.807, 2.05) is 39.0 Å². The summed E-state index contributed by atoms with van der Waals surface area (Å²) < 4.78 is 23.7. The minimum Gasteiger partial charge on any atom is -0.494 e. The van der Waals surface area contributed by atoms with Gasteiger partial charge in [-0.3, -0.25) is 4.79 Å². The fraction of sp³-hybridized carbons (Fsp3) is 0.333. The topological polar surface area (TPSA) is 64.6 Å². The van der Waals surface area contributed by atoms with Crippen molar-refractivity contribution in [2.45, 2.75) is 39.7 Å². The molecule has 0 fully saturated rings. The molecule has 2 aromatic carbocycles. The van der Waals surface area contributed by atoms with E-state index >= 15 is 0 Å². The Bertz CT molecular complexity index is 848. The number of benzene rings is 2. The highest BCUT2D eigenvalue weighted by Gasteiger charge is 2.22. The third-order valence-electron chi connectivity index (χ3n) is 4.22. The van der Waals surface area contributed by atoms with Crippen LogP contribution in [0.5, 0.6) is 5.75 Å². The van der Waals surface area contributed by atoms with Gasteiger partial charge in [0.15, 0.2) is 17.7 Å². The maximum absolute atomic E-state index is 13.7. The number of hydrogen-bond acceptors (Lipinski definition) is 4. The van der Waals surface area contributed by atoms with E-state index in [-0.39, 0.29) is 17.2 Å². The minimum atomic E-state index is -1.04. The van der Waals surface area contributed by atoms with Gasteiger partial charge in [-0.05, 0) is 49.1 Å². The van der Waals surface area contributed by atoms with Crippen molar-refractivity contribution in [3.05, 3.63) is 58.9 Å². The summed E-state index contributed by atoms with van der Waals surface area (Å²) in [6.45, 7) is 7.44. The Morgan fingerprint density at radius 2 is 1.81 bits per heavy atom. The maximum atomic E-state index is 13.7. The number of carbonyl (C=O) groups excluding carboxylic acids is 2. The number of rotatable bonds is 6. The van der Waals surface area contributed by atoms with E-state index in [0.717, 1.165) is 22.9 Å². The van der Waals surface area contributed by atoms with Gasteiger partial charge in [0.05, 0.1) is 12.7 Å². The van der Waals surface area contributed by atoms with Crippen LogP contribution >= 0.6 is 0 Å². The number of ether oxygens (including phenoxy) is 2. The van der Waals surface area contributed by atoms with Crippen LogP contribution in [0.1, 0.15) is 48.2 Å². The van der Waals surface area contributed by atoms with Gasteiger partial charge in [-0.2, -0.15) is 0 Å². The van der Waals surface area contributed by atoms with Gasteiger partial charge in [-0.15, -0.1) is 0 Å². The Morgan fingerprint density at radius 1 is 1.11 bits per heavy atom. The summed E-state index contributed by atoms with van der Waals surface area (Å²) in [5.41, 5.74) is 2.65. The number of para-hydroxylation sites is 1. The molecular formula is C21H24FNO4. The molecule has 0 aliphatic heterocycles. The van der Waals surface area contributed by atoms with E-state index in [1.54, 1.807) is 0 Å². The molecule has 0 heterocycles. The highest BCUT2D eigenvalue weighted by molar-refractivity contribution is 5.98. The van der Waals surface area contributed by atoms with Crippen LogP contribution in [0, 0.1) is 12.7 Å². The molecule has 0 radical (unpaired) electrons. The molecule has 0 aliphatic rings. The number of aryl methyl sites for hydroxylation is 1. The molecular weight excluding hydrogens is 349 g/mol. The van der Waals surface area contributed by atoms with Crippen molar-refractivity contribution in [3.8, 4) is 5.75 Å². The largest absolute Gasteiger partial charge is 0.494 e. The van der Waals surface area contributed by atoms with E-state index in [1.165, 1.54) is 26.2 Å². The van der Waals surface area contributed by atoms with Crippen LogP contribution in [0.15, 0.2) is 36.4 Å². The number of methoxy groups -OCH3 is 1. The molecule has 2 rings (SSSR count). The quantitative estimate of drug-likeness (QED) is 0.760. The lowest BCUT2D eigenvalue weighted by atomic mass is 9.98. The number of hydrogen-bond donors (Lipinski definition) is 1. The van der Waals surface area contributed by atoms with Crippen molar-refractivity contribution in [1.82, 2.24) is 0 Å². The SMILES string of the molecule is COc1ccc(C(=O)O[C@@H](C)C(=O)Nc2c(C)cccc2C(C)C)cc1F. The molecule has 1 N–H and O–H groups in total. The monoisotopic (exact) mass is 373 g/mol. The number of nitrogens with one attached hydrogen (secondary N) is 1. The van der Waals surface area contributed by atoms with Crippen molar-refractivity contribution < 1.29 is 23.5 Å². The number of amides is 1. The second-order valence-corrected chi connectivity index (χ2v) is 6.58. The second-order valence-electron chi connectivity index (χ2n) is 6.58. The summed E-state index contributed by atoms with van der Waals surface area (Å²) >= 11 is 0. The van der Waals surface area contributed by atoms with Crippen LogP contribution in [-0.2, 0) is 9.53 Å². The fourth-order valence-corrected chi connectivity index (χ4v) is 2.64. The first-order chi connectivity index (χ1) is 12.7. The Labute approximate surface area is 158 Å². The average Bonchev–Trinajstić information content (AvgIpc) is 2.62. The van der Waals surface area contributed by atoms with Gasteiger partial charge in [-0.1, -0.05) is 32.0 Å². The average molecular weight is 373 g/mol. The molecule has 0 bridgehead atoms. The van der Waals surface area contributed by atoms with Gasteiger partial charge in [0.1, 0.15) is 0 Å².